The summed E-state index contributed by atoms with van der Waals surface area (Å²) in [6.45, 7) is 8.38. The van der Waals surface area contributed by atoms with Gasteiger partial charge in [0.05, 0.1) is 0 Å². The first-order valence-corrected chi connectivity index (χ1v) is 11.9. The van der Waals surface area contributed by atoms with E-state index in [1.165, 1.54) is 76.2 Å². The van der Waals surface area contributed by atoms with Gasteiger partial charge in [-0.25, -0.2) is 0 Å². The zero-order chi connectivity index (χ0) is 18.0. The molecule has 0 radical (unpaired) electrons. The van der Waals surface area contributed by atoms with Crippen LogP contribution in [0.5, 0.6) is 0 Å². The van der Waals surface area contributed by atoms with E-state index in [0.29, 0.717) is 17.5 Å². The van der Waals surface area contributed by atoms with E-state index in [2.05, 4.69) is 44.1 Å². The molecule has 2 atom stereocenters. The van der Waals surface area contributed by atoms with E-state index in [-0.39, 0.29) is 0 Å². The molecule has 148 valence electrons. The maximum atomic E-state index is 4.56. The Balaban J connectivity index is 1.32. The van der Waals surface area contributed by atoms with Gasteiger partial charge in [-0.15, -0.1) is 0 Å². The molecule has 26 heavy (non-hydrogen) atoms. The summed E-state index contributed by atoms with van der Waals surface area (Å²) in [5.41, 5.74) is 0.361. The molecule has 5 nitrogen and oxygen atoms in total. The smallest absolute Gasteiger partial charge is 0.191 e. The van der Waals surface area contributed by atoms with E-state index in [4.69, 9.17) is 0 Å². The highest BCUT2D eigenvalue weighted by Crippen LogP contribution is 2.36. The predicted molar refractivity (Wildman–Crippen MR) is 112 cm³/mol. The van der Waals surface area contributed by atoms with Crippen LogP contribution in [0.2, 0.25) is 0 Å². The third-order valence-corrected chi connectivity index (χ3v) is 7.99. The van der Waals surface area contributed by atoms with Crippen molar-refractivity contribution in [2.45, 2.75) is 63.1 Å². The molecule has 0 aromatic heterocycles. The largest absolute Gasteiger partial charge is 0.355 e. The minimum Gasteiger partial charge on any atom is -0.355 e. The molecule has 4 rings (SSSR count). The molecule has 2 aliphatic carbocycles. The van der Waals surface area contributed by atoms with E-state index in [1.54, 1.807) is 0 Å². The first-order chi connectivity index (χ1) is 12.7. The van der Waals surface area contributed by atoms with Crippen LogP contribution in [0.15, 0.2) is 4.99 Å². The number of guanidine groups is 1. The van der Waals surface area contributed by atoms with Crippen molar-refractivity contribution in [2.75, 3.05) is 51.3 Å². The Morgan fingerprint density at radius 3 is 2.54 bits per heavy atom. The summed E-state index contributed by atoms with van der Waals surface area (Å²) >= 11 is 2.11. The van der Waals surface area contributed by atoms with Gasteiger partial charge in [-0.05, 0) is 31.6 Å². The fraction of sp³-hybridized carbons (Fsp3) is 0.950. The molecule has 2 aliphatic heterocycles. The Bertz CT molecular complexity index is 494. The molecule has 2 unspecified atom stereocenters. The lowest BCUT2D eigenvalue weighted by Crippen LogP contribution is -2.58. The second-order valence-electron chi connectivity index (χ2n) is 8.87. The van der Waals surface area contributed by atoms with E-state index in [9.17, 15) is 0 Å². The summed E-state index contributed by atoms with van der Waals surface area (Å²) in [6.07, 6.45) is 8.26. The van der Waals surface area contributed by atoms with E-state index in [1.807, 2.05) is 7.05 Å². The summed E-state index contributed by atoms with van der Waals surface area (Å²) in [7, 11) is 1.92. The Kier molecular flexibility index (Phi) is 6.01. The van der Waals surface area contributed by atoms with Gasteiger partial charge in [0.15, 0.2) is 5.96 Å². The number of thioether (sulfide) groups is 1. The molecular formula is C20H37N5S. The molecule has 4 aliphatic rings. The number of nitrogens with one attached hydrogen (secondary N) is 2. The standard InChI is InChI=1S/C20H37N5S/c1-16-13-24(17-5-6-17)14-18(16)23-19(21-2)22-15-20(7-3-4-8-20)25-9-11-26-12-10-25/h16-18H,3-15H2,1-2H3,(H2,21,22,23). The number of hydrogen-bond donors (Lipinski definition) is 2. The van der Waals surface area contributed by atoms with Crippen molar-refractivity contribution in [3.63, 3.8) is 0 Å². The number of aliphatic imine (C=N–C) groups is 1. The molecule has 0 aromatic rings. The molecular weight excluding hydrogens is 342 g/mol. The number of nitrogens with zero attached hydrogens (tertiary/aromatic N) is 3. The Hall–Kier alpha value is -0.460. The lowest BCUT2D eigenvalue weighted by atomic mass is 9.94. The summed E-state index contributed by atoms with van der Waals surface area (Å²) in [5.74, 6) is 4.31. The van der Waals surface area contributed by atoms with Gasteiger partial charge in [0, 0.05) is 68.9 Å². The summed E-state index contributed by atoms with van der Waals surface area (Å²) in [6, 6.07) is 1.41. The summed E-state index contributed by atoms with van der Waals surface area (Å²) < 4.78 is 0. The van der Waals surface area contributed by atoms with Crippen LogP contribution in [0.25, 0.3) is 0 Å². The van der Waals surface area contributed by atoms with Gasteiger partial charge in [0.1, 0.15) is 0 Å². The maximum Gasteiger partial charge on any atom is 0.191 e. The van der Waals surface area contributed by atoms with Crippen molar-refractivity contribution in [3.05, 3.63) is 0 Å². The molecule has 0 spiro atoms. The molecule has 2 saturated heterocycles. The first-order valence-electron chi connectivity index (χ1n) is 10.7. The predicted octanol–water partition coefficient (Wildman–Crippen LogP) is 2.00. The van der Waals surface area contributed by atoms with Gasteiger partial charge in [-0.2, -0.15) is 11.8 Å². The van der Waals surface area contributed by atoms with Crippen LogP contribution in [-0.2, 0) is 0 Å². The second kappa shape index (κ2) is 8.27. The zero-order valence-electron chi connectivity index (χ0n) is 16.7. The molecule has 2 N–H and O–H groups in total. The highest BCUT2D eigenvalue weighted by atomic mass is 32.2. The lowest BCUT2D eigenvalue weighted by Gasteiger charge is -2.43. The topological polar surface area (TPSA) is 42.9 Å². The number of likely N-dealkylation sites (tertiary alicyclic amines) is 1. The molecule has 2 heterocycles. The molecule has 4 fully saturated rings. The monoisotopic (exact) mass is 379 g/mol. The van der Waals surface area contributed by atoms with E-state index < -0.39 is 0 Å². The molecule has 0 aromatic carbocycles. The Labute approximate surface area is 163 Å². The van der Waals surface area contributed by atoms with Crippen molar-refractivity contribution >= 4 is 17.7 Å². The number of rotatable bonds is 5. The lowest BCUT2D eigenvalue weighted by molar-refractivity contribution is 0.107. The van der Waals surface area contributed by atoms with E-state index >= 15 is 0 Å². The van der Waals surface area contributed by atoms with Crippen molar-refractivity contribution < 1.29 is 0 Å². The molecule has 6 heteroatoms. The van der Waals surface area contributed by atoms with Crippen LogP contribution in [0.3, 0.4) is 0 Å². The van der Waals surface area contributed by atoms with Crippen molar-refractivity contribution in [1.29, 1.82) is 0 Å². The SMILES string of the molecule is CN=C(NCC1(N2CCSCC2)CCCC1)NC1CN(C2CC2)CC1C. The quantitative estimate of drug-likeness (QED) is 0.565. The minimum absolute atomic E-state index is 0.361. The zero-order valence-corrected chi connectivity index (χ0v) is 17.5. The highest BCUT2D eigenvalue weighted by molar-refractivity contribution is 7.99. The van der Waals surface area contributed by atoms with Gasteiger partial charge in [0.25, 0.3) is 0 Å². The summed E-state index contributed by atoms with van der Waals surface area (Å²) in [5, 5.41) is 7.48. The minimum atomic E-state index is 0.361. The fourth-order valence-electron chi connectivity index (χ4n) is 5.22. The Morgan fingerprint density at radius 1 is 1.15 bits per heavy atom. The molecule has 0 amide bonds. The van der Waals surface area contributed by atoms with Gasteiger partial charge in [-0.3, -0.25) is 14.8 Å². The highest BCUT2D eigenvalue weighted by Gasteiger charge is 2.41. The van der Waals surface area contributed by atoms with Crippen molar-refractivity contribution in [3.8, 4) is 0 Å². The Morgan fingerprint density at radius 2 is 1.88 bits per heavy atom. The summed E-state index contributed by atoms with van der Waals surface area (Å²) in [4.78, 5) is 10.0. The molecule has 0 bridgehead atoms. The van der Waals surface area contributed by atoms with Crippen LogP contribution in [0, 0.1) is 5.92 Å². The normalized spacial score (nSPS) is 33.5. The van der Waals surface area contributed by atoms with Gasteiger partial charge >= 0.3 is 0 Å². The van der Waals surface area contributed by atoms with Gasteiger partial charge < -0.3 is 10.6 Å². The second-order valence-corrected chi connectivity index (χ2v) is 10.1. The van der Waals surface area contributed by atoms with E-state index in [0.717, 1.165) is 18.5 Å². The van der Waals surface area contributed by atoms with Crippen LogP contribution < -0.4 is 10.6 Å². The maximum absolute atomic E-state index is 4.56. The van der Waals surface area contributed by atoms with Crippen molar-refractivity contribution in [1.82, 2.24) is 20.4 Å². The van der Waals surface area contributed by atoms with Crippen LogP contribution in [0.1, 0.15) is 45.4 Å². The fourth-order valence-corrected chi connectivity index (χ4v) is 6.13. The average Bonchev–Trinajstić information content (AvgIpc) is 3.30. The van der Waals surface area contributed by atoms with Gasteiger partial charge in [-0.1, -0.05) is 19.8 Å². The van der Waals surface area contributed by atoms with Crippen LogP contribution in [0.4, 0.5) is 0 Å². The van der Waals surface area contributed by atoms with Crippen molar-refractivity contribution in [2.24, 2.45) is 10.9 Å². The average molecular weight is 380 g/mol. The third-order valence-electron chi connectivity index (χ3n) is 7.05. The first kappa shape index (κ1) is 18.9. The van der Waals surface area contributed by atoms with Gasteiger partial charge in [0.2, 0.25) is 0 Å². The third kappa shape index (κ3) is 4.17. The van der Waals surface area contributed by atoms with Crippen LogP contribution in [-0.4, -0.2) is 84.7 Å². The molecule has 2 saturated carbocycles. The number of hydrogen-bond acceptors (Lipinski definition) is 4. The van der Waals surface area contributed by atoms with Crippen LogP contribution >= 0.6 is 11.8 Å².